The normalized spacial score (nSPS) is 11.7. The van der Waals surface area contributed by atoms with Crippen LogP contribution in [0.4, 0.5) is 0 Å². The van der Waals surface area contributed by atoms with Gasteiger partial charge in [-0.05, 0) is 30.4 Å². The lowest BCUT2D eigenvalue weighted by molar-refractivity contribution is 0.359. The first-order valence-corrected chi connectivity index (χ1v) is 7.88. The Balaban J connectivity index is 1.88. The number of likely N-dealkylation sites (N-methyl/N-ethyl adjacent to an activating group) is 1. The Morgan fingerprint density at radius 3 is 2.86 bits per heavy atom. The summed E-state index contributed by atoms with van der Waals surface area (Å²) in [6.07, 6.45) is 0.804. The minimum absolute atomic E-state index is 0.504. The van der Waals surface area contributed by atoms with Crippen LogP contribution in [0.3, 0.4) is 0 Å². The average molecular weight is 311 g/mol. The molecule has 0 amide bonds. The van der Waals surface area contributed by atoms with E-state index in [9.17, 15) is 0 Å². The van der Waals surface area contributed by atoms with E-state index in [4.69, 9.17) is 4.52 Å². The van der Waals surface area contributed by atoms with E-state index in [-0.39, 0.29) is 0 Å². The van der Waals surface area contributed by atoms with Gasteiger partial charge in [-0.3, -0.25) is 0 Å². The maximum atomic E-state index is 5.22. The lowest BCUT2D eigenvalue weighted by Crippen LogP contribution is -2.19. The van der Waals surface area contributed by atoms with Crippen molar-refractivity contribution in [2.75, 3.05) is 20.6 Å². The molecule has 0 aliphatic heterocycles. The molecule has 0 fully saturated rings. The summed E-state index contributed by atoms with van der Waals surface area (Å²) in [6, 6.07) is 0. The van der Waals surface area contributed by atoms with Gasteiger partial charge in [-0.25, -0.2) is 4.68 Å². The number of aromatic nitrogens is 6. The number of nitrogens with zero attached hydrogens (tertiary/aromatic N) is 7. The van der Waals surface area contributed by atoms with Crippen molar-refractivity contribution in [3.8, 4) is 0 Å². The van der Waals surface area contributed by atoms with E-state index in [1.807, 2.05) is 14.1 Å². The van der Waals surface area contributed by atoms with Gasteiger partial charge in [0, 0.05) is 13.0 Å². The van der Waals surface area contributed by atoms with E-state index >= 15 is 0 Å². The standard InChI is InChI=1S/C12H21N7OS/c1-9(2)7-11-13-10(15-20-11)8-21-12-14-16-17-19(12)6-5-18(3)4/h9H,5-8H2,1-4H3. The highest BCUT2D eigenvalue weighted by Crippen LogP contribution is 2.18. The summed E-state index contributed by atoms with van der Waals surface area (Å²) in [7, 11) is 4.04. The zero-order valence-corrected chi connectivity index (χ0v) is 13.7. The highest BCUT2D eigenvalue weighted by atomic mass is 32.2. The van der Waals surface area contributed by atoms with Crippen LogP contribution in [0.2, 0.25) is 0 Å². The summed E-state index contributed by atoms with van der Waals surface area (Å²) in [5.41, 5.74) is 0. The lowest BCUT2D eigenvalue weighted by Gasteiger charge is -2.09. The van der Waals surface area contributed by atoms with Gasteiger partial charge in [0.1, 0.15) is 0 Å². The Morgan fingerprint density at radius 2 is 2.14 bits per heavy atom. The highest BCUT2D eigenvalue weighted by Gasteiger charge is 2.12. The molecule has 0 unspecified atom stereocenters. The number of rotatable bonds is 8. The monoisotopic (exact) mass is 311 g/mol. The quantitative estimate of drug-likeness (QED) is 0.670. The molecular formula is C12H21N7OS. The van der Waals surface area contributed by atoms with Gasteiger partial charge in [0.25, 0.3) is 0 Å². The molecule has 2 aromatic heterocycles. The van der Waals surface area contributed by atoms with E-state index in [0.29, 0.717) is 23.4 Å². The van der Waals surface area contributed by atoms with Gasteiger partial charge in [-0.1, -0.05) is 30.8 Å². The molecule has 0 saturated heterocycles. The van der Waals surface area contributed by atoms with Crippen molar-refractivity contribution in [3.63, 3.8) is 0 Å². The van der Waals surface area contributed by atoms with Crippen LogP contribution in [0.25, 0.3) is 0 Å². The predicted molar refractivity (Wildman–Crippen MR) is 78.8 cm³/mol. The molecule has 2 heterocycles. The van der Waals surface area contributed by atoms with Gasteiger partial charge in [0.2, 0.25) is 11.0 Å². The largest absolute Gasteiger partial charge is 0.339 e. The van der Waals surface area contributed by atoms with Gasteiger partial charge < -0.3 is 9.42 Å². The molecule has 0 saturated carbocycles. The first kappa shape index (κ1) is 15.9. The zero-order valence-electron chi connectivity index (χ0n) is 12.9. The van der Waals surface area contributed by atoms with E-state index in [2.05, 4.69) is 44.4 Å². The van der Waals surface area contributed by atoms with Gasteiger partial charge in [0.05, 0.1) is 12.3 Å². The summed E-state index contributed by atoms with van der Waals surface area (Å²) in [5, 5.41) is 16.5. The smallest absolute Gasteiger partial charge is 0.226 e. The Labute approximate surface area is 128 Å². The van der Waals surface area contributed by atoms with Crippen LogP contribution in [0.15, 0.2) is 9.68 Å². The second-order valence-corrected chi connectivity index (χ2v) is 6.42. The number of hydrogen-bond acceptors (Lipinski definition) is 8. The predicted octanol–water partition coefficient (Wildman–Crippen LogP) is 1.11. The van der Waals surface area contributed by atoms with Crippen LogP contribution >= 0.6 is 11.8 Å². The van der Waals surface area contributed by atoms with Crippen LogP contribution in [-0.2, 0) is 18.7 Å². The molecule has 0 spiro atoms. The summed E-state index contributed by atoms with van der Waals surface area (Å²) in [6.45, 7) is 5.89. The lowest BCUT2D eigenvalue weighted by atomic mass is 10.1. The van der Waals surface area contributed by atoms with Crippen LogP contribution in [0.1, 0.15) is 25.6 Å². The van der Waals surface area contributed by atoms with E-state index in [1.54, 1.807) is 4.68 Å². The molecule has 8 nitrogen and oxygen atoms in total. The fourth-order valence-corrected chi connectivity index (χ4v) is 2.39. The number of tetrazole rings is 1. The third kappa shape index (κ3) is 5.09. The second-order valence-electron chi connectivity index (χ2n) is 5.48. The van der Waals surface area contributed by atoms with E-state index in [1.165, 1.54) is 11.8 Å². The first-order chi connectivity index (χ1) is 10.0. The summed E-state index contributed by atoms with van der Waals surface area (Å²) in [4.78, 5) is 6.46. The SMILES string of the molecule is CC(C)Cc1nc(CSc2nnnn2CCN(C)C)no1. The van der Waals surface area contributed by atoms with Crippen molar-refractivity contribution in [3.05, 3.63) is 11.7 Å². The fourth-order valence-electron chi connectivity index (χ4n) is 1.64. The minimum atomic E-state index is 0.504. The van der Waals surface area contributed by atoms with Crippen LogP contribution < -0.4 is 0 Å². The second kappa shape index (κ2) is 7.51. The van der Waals surface area contributed by atoms with Gasteiger partial charge in [-0.15, -0.1) is 5.10 Å². The molecule has 0 bridgehead atoms. The van der Waals surface area contributed by atoms with Crippen molar-refractivity contribution in [1.82, 2.24) is 35.2 Å². The molecule has 2 rings (SSSR count). The minimum Gasteiger partial charge on any atom is -0.339 e. The number of hydrogen-bond donors (Lipinski definition) is 0. The fraction of sp³-hybridized carbons (Fsp3) is 0.750. The molecule has 0 radical (unpaired) electrons. The average Bonchev–Trinajstić information content (AvgIpc) is 3.02. The van der Waals surface area contributed by atoms with E-state index in [0.717, 1.165) is 24.7 Å². The summed E-state index contributed by atoms with van der Waals surface area (Å²) >= 11 is 1.51. The third-order valence-electron chi connectivity index (χ3n) is 2.68. The number of thioether (sulfide) groups is 1. The molecule has 9 heteroatoms. The Kier molecular flexibility index (Phi) is 5.68. The summed E-state index contributed by atoms with van der Waals surface area (Å²) < 4.78 is 7.01. The summed E-state index contributed by atoms with van der Waals surface area (Å²) in [5.74, 6) is 2.47. The van der Waals surface area contributed by atoms with Crippen molar-refractivity contribution in [1.29, 1.82) is 0 Å². The maximum Gasteiger partial charge on any atom is 0.226 e. The third-order valence-corrected chi connectivity index (χ3v) is 3.63. The molecule has 0 atom stereocenters. The van der Waals surface area contributed by atoms with Crippen molar-refractivity contribution in [2.24, 2.45) is 5.92 Å². The van der Waals surface area contributed by atoms with Gasteiger partial charge in [0.15, 0.2) is 5.82 Å². The van der Waals surface area contributed by atoms with Crippen molar-refractivity contribution < 1.29 is 4.52 Å². The van der Waals surface area contributed by atoms with Gasteiger partial charge in [-0.2, -0.15) is 4.98 Å². The Morgan fingerprint density at radius 1 is 1.33 bits per heavy atom. The Bertz CT molecular complexity index is 551. The van der Waals surface area contributed by atoms with Crippen LogP contribution in [-0.4, -0.2) is 55.9 Å². The maximum absolute atomic E-state index is 5.22. The van der Waals surface area contributed by atoms with E-state index < -0.39 is 0 Å². The zero-order chi connectivity index (χ0) is 15.2. The molecule has 0 aromatic carbocycles. The van der Waals surface area contributed by atoms with Crippen LogP contribution in [0, 0.1) is 5.92 Å². The first-order valence-electron chi connectivity index (χ1n) is 6.89. The molecule has 116 valence electrons. The van der Waals surface area contributed by atoms with Crippen LogP contribution in [0.5, 0.6) is 0 Å². The molecule has 21 heavy (non-hydrogen) atoms. The molecular weight excluding hydrogens is 290 g/mol. The molecule has 0 N–H and O–H groups in total. The Hall–Kier alpha value is -1.48. The van der Waals surface area contributed by atoms with Gasteiger partial charge >= 0.3 is 0 Å². The molecule has 2 aromatic rings. The van der Waals surface area contributed by atoms with Crippen molar-refractivity contribution >= 4 is 11.8 Å². The topological polar surface area (TPSA) is 85.8 Å². The van der Waals surface area contributed by atoms with Crippen molar-refractivity contribution in [2.45, 2.75) is 37.7 Å². The highest BCUT2D eigenvalue weighted by molar-refractivity contribution is 7.98. The molecule has 0 aliphatic rings. The molecule has 0 aliphatic carbocycles.